The number of hydrogen-bond donors (Lipinski definition) is 0. The van der Waals surface area contributed by atoms with Crippen LogP contribution in [0.15, 0.2) is 103 Å². The molecule has 0 atom stereocenters. The van der Waals surface area contributed by atoms with Crippen molar-refractivity contribution in [2.24, 2.45) is 0 Å². The molecule has 5 rings (SSSR count). The predicted octanol–water partition coefficient (Wildman–Crippen LogP) is 6.69. The fourth-order valence-corrected chi connectivity index (χ4v) is 3.60. The van der Waals surface area contributed by atoms with E-state index in [-0.39, 0.29) is 24.0 Å². The molecular weight excluding hydrogens is 403 g/mol. The van der Waals surface area contributed by atoms with Gasteiger partial charge in [0.1, 0.15) is 23.9 Å². The summed E-state index contributed by atoms with van der Waals surface area (Å²) in [5.41, 5.74) is 4.34. The molecule has 32 heavy (non-hydrogen) atoms. The second-order valence-corrected chi connectivity index (χ2v) is 7.50. The van der Waals surface area contributed by atoms with Gasteiger partial charge in [-0.25, -0.2) is 4.39 Å². The zero-order valence-corrected chi connectivity index (χ0v) is 17.1. The largest absolute Gasteiger partial charge is 0.489 e. The Morgan fingerprint density at radius 3 is 2.38 bits per heavy atom. The molecule has 0 saturated carbocycles. The van der Waals surface area contributed by atoms with Gasteiger partial charge in [-0.2, -0.15) is 0 Å². The number of carbonyl (C=O) groups is 1. The Labute approximate surface area is 185 Å². The minimum absolute atomic E-state index is 0.163. The van der Waals surface area contributed by atoms with Gasteiger partial charge in [0.05, 0.1) is 5.56 Å². The number of fused-ring (bicyclic) bond motifs is 1. The van der Waals surface area contributed by atoms with Gasteiger partial charge in [-0.05, 0) is 52.6 Å². The number of hydrogen-bond acceptors (Lipinski definition) is 3. The Morgan fingerprint density at radius 1 is 0.812 bits per heavy atom. The van der Waals surface area contributed by atoms with Crippen molar-refractivity contribution in [1.82, 2.24) is 0 Å². The summed E-state index contributed by atoms with van der Waals surface area (Å²) >= 11 is 0. The molecule has 0 aromatic heterocycles. The first-order valence-electron chi connectivity index (χ1n) is 10.3. The summed E-state index contributed by atoms with van der Waals surface area (Å²) in [5.74, 6) is 0.812. The number of allylic oxidation sites excluding steroid dienone is 1. The van der Waals surface area contributed by atoms with Gasteiger partial charge in [0, 0.05) is 6.07 Å². The normalized spacial score (nSPS) is 13.7. The Hall–Kier alpha value is -4.18. The third kappa shape index (κ3) is 4.16. The van der Waals surface area contributed by atoms with Crippen LogP contribution in [-0.2, 0) is 6.61 Å². The van der Waals surface area contributed by atoms with Crippen LogP contribution in [0.3, 0.4) is 0 Å². The minimum Gasteiger partial charge on any atom is -0.489 e. The number of Topliss-reactive ketones (excluding diaryl/α,β-unsaturated/α-hetero) is 1. The van der Waals surface area contributed by atoms with Crippen LogP contribution >= 0.6 is 0 Å². The molecule has 1 aliphatic heterocycles. The van der Waals surface area contributed by atoms with E-state index >= 15 is 0 Å². The summed E-state index contributed by atoms with van der Waals surface area (Å²) < 4.78 is 24.9. The third-order valence-electron chi connectivity index (χ3n) is 5.25. The zero-order valence-electron chi connectivity index (χ0n) is 17.1. The Balaban J connectivity index is 1.31. The summed E-state index contributed by atoms with van der Waals surface area (Å²) in [5, 5.41) is 0. The number of benzene rings is 4. The van der Waals surface area contributed by atoms with Crippen molar-refractivity contribution < 1.29 is 18.7 Å². The molecule has 1 aliphatic rings. The summed E-state index contributed by atoms with van der Waals surface area (Å²) in [6.45, 7) is 0.223. The highest BCUT2D eigenvalue weighted by Crippen LogP contribution is 2.35. The van der Waals surface area contributed by atoms with Crippen molar-refractivity contribution in [3.63, 3.8) is 0 Å². The molecule has 0 amide bonds. The molecule has 4 aromatic rings. The second-order valence-electron chi connectivity index (χ2n) is 7.50. The average Bonchev–Trinajstić information content (AvgIpc) is 3.13. The van der Waals surface area contributed by atoms with E-state index in [0.717, 1.165) is 22.3 Å². The molecule has 0 radical (unpaired) electrons. The Bertz CT molecular complexity index is 1310. The first kappa shape index (κ1) is 19.8. The van der Waals surface area contributed by atoms with Crippen LogP contribution in [0.4, 0.5) is 4.39 Å². The Kier molecular flexibility index (Phi) is 5.26. The Morgan fingerprint density at radius 2 is 1.59 bits per heavy atom. The van der Waals surface area contributed by atoms with Crippen LogP contribution in [0.1, 0.15) is 21.5 Å². The van der Waals surface area contributed by atoms with Gasteiger partial charge in [0.2, 0.25) is 5.78 Å². The van der Waals surface area contributed by atoms with E-state index in [9.17, 15) is 9.18 Å². The lowest BCUT2D eigenvalue weighted by Gasteiger charge is -2.07. The highest BCUT2D eigenvalue weighted by molar-refractivity contribution is 6.14. The van der Waals surface area contributed by atoms with Crippen LogP contribution < -0.4 is 9.47 Å². The predicted molar refractivity (Wildman–Crippen MR) is 122 cm³/mol. The van der Waals surface area contributed by atoms with Gasteiger partial charge in [-0.1, -0.05) is 66.7 Å². The van der Waals surface area contributed by atoms with Crippen molar-refractivity contribution in [3.05, 3.63) is 125 Å². The van der Waals surface area contributed by atoms with Crippen molar-refractivity contribution in [3.8, 4) is 22.6 Å². The third-order valence-corrected chi connectivity index (χ3v) is 5.25. The molecule has 4 aromatic carbocycles. The van der Waals surface area contributed by atoms with Gasteiger partial charge < -0.3 is 9.47 Å². The number of ether oxygens (including phenoxy) is 2. The highest BCUT2D eigenvalue weighted by Gasteiger charge is 2.27. The smallest absolute Gasteiger partial charge is 0.231 e. The van der Waals surface area contributed by atoms with E-state index in [1.807, 2.05) is 42.5 Å². The van der Waals surface area contributed by atoms with Gasteiger partial charge in [-0.15, -0.1) is 0 Å². The maximum absolute atomic E-state index is 13.3. The van der Waals surface area contributed by atoms with Gasteiger partial charge in [0.25, 0.3) is 0 Å². The lowest BCUT2D eigenvalue weighted by molar-refractivity contribution is 0.101. The van der Waals surface area contributed by atoms with Crippen LogP contribution in [0, 0.1) is 5.82 Å². The maximum atomic E-state index is 13.3. The first-order valence-corrected chi connectivity index (χ1v) is 10.3. The van der Waals surface area contributed by atoms with Gasteiger partial charge >= 0.3 is 0 Å². The maximum Gasteiger partial charge on any atom is 0.231 e. The minimum atomic E-state index is -0.305. The first-order chi connectivity index (χ1) is 15.7. The zero-order chi connectivity index (χ0) is 21.9. The van der Waals surface area contributed by atoms with Gasteiger partial charge in [-0.3, -0.25) is 4.79 Å². The molecule has 0 saturated heterocycles. The van der Waals surface area contributed by atoms with Gasteiger partial charge in [0.15, 0.2) is 5.76 Å². The number of carbonyl (C=O) groups excluding carboxylic acids is 1. The number of halogens is 1. The lowest BCUT2D eigenvalue weighted by Crippen LogP contribution is -1.98. The van der Waals surface area contributed by atoms with Crippen molar-refractivity contribution in [1.29, 1.82) is 0 Å². The van der Waals surface area contributed by atoms with E-state index in [1.165, 1.54) is 12.1 Å². The van der Waals surface area contributed by atoms with Crippen LogP contribution in [0.2, 0.25) is 0 Å². The molecule has 4 heteroatoms. The topological polar surface area (TPSA) is 35.5 Å². The highest BCUT2D eigenvalue weighted by atomic mass is 19.1. The van der Waals surface area contributed by atoms with E-state index in [0.29, 0.717) is 17.1 Å². The standard InChI is InChI=1S/C28H19FO3/c29-23-8-4-5-20(15-23)18-31-24-13-14-25-26(17-24)32-27(28(25)30)16-19-9-11-22(12-10-19)21-6-2-1-3-7-21/h1-17H,18H2/b27-16-. The van der Waals surface area contributed by atoms with E-state index in [2.05, 4.69) is 12.1 Å². The lowest BCUT2D eigenvalue weighted by atomic mass is 10.0. The quantitative estimate of drug-likeness (QED) is 0.336. The summed E-state index contributed by atoms with van der Waals surface area (Å²) in [7, 11) is 0. The second kappa shape index (κ2) is 8.52. The average molecular weight is 422 g/mol. The number of ketones is 1. The van der Waals surface area contributed by atoms with E-state index < -0.39 is 0 Å². The molecule has 1 heterocycles. The molecule has 0 bridgehead atoms. The van der Waals surface area contributed by atoms with E-state index in [1.54, 1.807) is 36.4 Å². The summed E-state index contributed by atoms with van der Waals surface area (Å²) in [6, 6.07) is 29.4. The van der Waals surface area contributed by atoms with Crippen molar-refractivity contribution in [2.75, 3.05) is 0 Å². The molecule has 0 aliphatic carbocycles. The fourth-order valence-electron chi connectivity index (χ4n) is 3.60. The van der Waals surface area contributed by atoms with Crippen molar-refractivity contribution in [2.45, 2.75) is 6.61 Å². The SMILES string of the molecule is O=C1/C(=C/c2ccc(-c3ccccc3)cc2)Oc2cc(OCc3cccc(F)c3)ccc21. The molecule has 0 fully saturated rings. The molecular formula is C28H19FO3. The molecule has 156 valence electrons. The number of rotatable bonds is 5. The van der Waals surface area contributed by atoms with Crippen LogP contribution in [0.5, 0.6) is 11.5 Å². The summed E-state index contributed by atoms with van der Waals surface area (Å²) in [6.07, 6.45) is 1.74. The fraction of sp³-hybridized carbons (Fsp3) is 0.0357. The van der Waals surface area contributed by atoms with Crippen LogP contribution in [-0.4, -0.2) is 5.78 Å². The molecule has 0 unspecified atom stereocenters. The molecule has 3 nitrogen and oxygen atoms in total. The summed E-state index contributed by atoms with van der Waals surface area (Å²) in [4.78, 5) is 12.7. The van der Waals surface area contributed by atoms with E-state index in [4.69, 9.17) is 9.47 Å². The van der Waals surface area contributed by atoms with Crippen molar-refractivity contribution >= 4 is 11.9 Å². The molecule has 0 N–H and O–H groups in total. The monoisotopic (exact) mass is 422 g/mol. The molecule has 0 spiro atoms. The van der Waals surface area contributed by atoms with Crippen LogP contribution in [0.25, 0.3) is 17.2 Å².